The van der Waals surface area contributed by atoms with Gasteiger partial charge >= 0.3 is 5.97 Å². The number of pyridine rings is 1. The van der Waals surface area contributed by atoms with E-state index in [1.807, 2.05) is 0 Å². The average molecular weight is 230 g/mol. The maximum atomic E-state index is 11.5. The quantitative estimate of drug-likeness (QED) is 0.741. The molecule has 1 aromatic heterocycles. The van der Waals surface area contributed by atoms with Crippen LogP contribution >= 0.6 is 11.6 Å². The lowest BCUT2D eigenvalue weighted by Crippen LogP contribution is -2.20. The van der Waals surface area contributed by atoms with E-state index in [0.717, 1.165) is 0 Å². The van der Waals surface area contributed by atoms with Crippen molar-refractivity contribution in [3.8, 4) is 0 Å². The molecule has 1 atom stereocenters. The Kier molecular flexibility index (Phi) is 4.52. The summed E-state index contributed by atoms with van der Waals surface area (Å²) in [6, 6.07) is 1.54. The van der Waals surface area contributed by atoms with E-state index in [2.05, 4.69) is 4.98 Å². The monoisotopic (exact) mass is 229 g/mol. The first-order valence-corrected chi connectivity index (χ1v) is 4.82. The number of esters is 1. The van der Waals surface area contributed by atoms with Crippen molar-refractivity contribution in [1.82, 2.24) is 4.98 Å². The molecule has 15 heavy (non-hydrogen) atoms. The smallest absolute Gasteiger partial charge is 0.341 e. The Bertz CT molecular complexity index is 343. The molecule has 0 spiro atoms. The Hall–Kier alpha value is -1.13. The van der Waals surface area contributed by atoms with Crippen LogP contribution in [0.1, 0.15) is 17.3 Å². The van der Waals surface area contributed by atoms with Crippen LogP contribution in [-0.4, -0.2) is 30.8 Å². The van der Waals surface area contributed by atoms with E-state index >= 15 is 0 Å². The van der Waals surface area contributed by atoms with Crippen molar-refractivity contribution < 1.29 is 14.3 Å². The Morgan fingerprint density at radius 2 is 2.40 bits per heavy atom. The molecular weight excluding hydrogens is 218 g/mol. The largest absolute Gasteiger partial charge is 0.457 e. The first-order valence-electron chi connectivity index (χ1n) is 4.44. The highest BCUT2D eigenvalue weighted by molar-refractivity contribution is 6.33. The third-order valence-electron chi connectivity index (χ3n) is 1.70. The van der Waals surface area contributed by atoms with Gasteiger partial charge in [0.1, 0.15) is 6.10 Å². The van der Waals surface area contributed by atoms with Crippen LogP contribution in [-0.2, 0) is 9.47 Å². The fraction of sp³-hybridized carbons (Fsp3) is 0.400. The van der Waals surface area contributed by atoms with Crippen molar-refractivity contribution in [3.63, 3.8) is 0 Å². The number of carbonyl (C=O) groups is 1. The maximum absolute atomic E-state index is 11.5. The molecule has 1 unspecified atom stereocenters. The summed E-state index contributed by atoms with van der Waals surface area (Å²) in [5.41, 5.74) is 0.266. The Morgan fingerprint density at radius 1 is 1.67 bits per heavy atom. The fourth-order valence-electron chi connectivity index (χ4n) is 1.04. The third kappa shape index (κ3) is 3.49. The molecule has 0 saturated carbocycles. The van der Waals surface area contributed by atoms with E-state index < -0.39 is 5.97 Å². The van der Waals surface area contributed by atoms with Gasteiger partial charge in [-0.05, 0) is 13.0 Å². The summed E-state index contributed by atoms with van der Waals surface area (Å²) in [5.74, 6) is -0.488. The van der Waals surface area contributed by atoms with E-state index in [1.165, 1.54) is 12.4 Å². The summed E-state index contributed by atoms with van der Waals surface area (Å²) in [6.07, 6.45) is 2.58. The summed E-state index contributed by atoms with van der Waals surface area (Å²) < 4.78 is 9.91. The lowest BCUT2D eigenvalue weighted by atomic mass is 10.3. The second-order valence-electron chi connectivity index (χ2n) is 3.03. The molecule has 0 radical (unpaired) electrons. The molecule has 0 saturated heterocycles. The second-order valence-corrected chi connectivity index (χ2v) is 3.43. The number of halogens is 1. The van der Waals surface area contributed by atoms with Gasteiger partial charge in [0.05, 0.1) is 17.2 Å². The molecule has 1 heterocycles. The average Bonchev–Trinajstić information content (AvgIpc) is 2.18. The molecule has 0 aromatic carbocycles. The number of hydrogen-bond acceptors (Lipinski definition) is 4. The zero-order valence-electron chi connectivity index (χ0n) is 8.57. The summed E-state index contributed by atoms with van der Waals surface area (Å²) in [6.45, 7) is 2.09. The first kappa shape index (κ1) is 11.9. The van der Waals surface area contributed by atoms with Crippen molar-refractivity contribution in [2.75, 3.05) is 13.7 Å². The number of methoxy groups -OCH3 is 1. The minimum absolute atomic E-state index is 0.266. The molecule has 0 aliphatic heterocycles. The van der Waals surface area contributed by atoms with Gasteiger partial charge in [-0.3, -0.25) is 4.98 Å². The van der Waals surface area contributed by atoms with Crippen molar-refractivity contribution in [2.45, 2.75) is 13.0 Å². The highest BCUT2D eigenvalue weighted by Gasteiger charge is 2.14. The Morgan fingerprint density at radius 3 is 3.00 bits per heavy atom. The van der Waals surface area contributed by atoms with Gasteiger partial charge in [0, 0.05) is 19.5 Å². The highest BCUT2D eigenvalue weighted by atomic mass is 35.5. The molecule has 0 amide bonds. The standard InChI is InChI=1S/C10H12ClNO3/c1-7(6-14-2)15-10(13)8-5-12-4-3-9(8)11/h3-5,7H,6H2,1-2H3. The molecule has 1 aromatic rings. The minimum Gasteiger partial charge on any atom is -0.457 e. The number of rotatable bonds is 4. The topological polar surface area (TPSA) is 48.4 Å². The summed E-state index contributed by atoms with van der Waals surface area (Å²) in [5, 5.41) is 0.333. The van der Waals surface area contributed by atoms with Crippen LogP contribution in [0, 0.1) is 0 Å². The number of nitrogens with zero attached hydrogens (tertiary/aromatic N) is 1. The second kappa shape index (κ2) is 5.68. The number of aromatic nitrogens is 1. The van der Waals surface area contributed by atoms with Crippen molar-refractivity contribution in [3.05, 3.63) is 29.0 Å². The van der Waals surface area contributed by atoms with Crippen LogP contribution in [0.4, 0.5) is 0 Å². The lowest BCUT2D eigenvalue weighted by Gasteiger charge is -2.12. The highest BCUT2D eigenvalue weighted by Crippen LogP contribution is 2.15. The van der Waals surface area contributed by atoms with Crippen molar-refractivity contribution in [1.29, 1.82) is 0 Å². The Labute approximate surface area is 93.2 Å². The third-order valence-corrected chi connectivity index (χ3v) is 2.03. The van der Waals surface area contributed by atoms with Crippen LogP contribution in [0.5, 0.6) is 0 Å². The van der Waals surface area contributed by atoms with Gasteiger partial charge in [-0.15, -0.1) is 0 Å². The normalized spacial score (nSPS) is 12.2. The van der Waals surface area contributed by atoms with Gasteiger partial charge in [0.15, 0.2) is 0 Å². The molecular formula is C10H12ClNO3. The van der Waals surface area contributed by atoms with Crippen LogP contribution in [0.15, 0.2) is 18.5 Å². The van der Waals surface area contributed by atoms with Crippen LogP contribution in [0.3, 0.4) is 0 Å². The van der Waals surface area contributed by atoms with E-state index in [0.29, 0.717) is 11.6 Å². The molecule has 4 nitrogen and oxygen atoms in total. The molecule has 0 fully saturated rings. The van der Waals surface area contributed by atoms with E-state index in [9.17, 15) is 4.79 Å². The minimum atomic E-state index is -0.488. The van der Waals surface area contributed by atoms with Crippen LogP contribution in [0.25, 0.3) is 0 Å². The van der Waals surface area contributed by atoms with Crippen molar-refractivity contribution >= 4 is 17.6 Å². The van der Waals surface area contributed by atoms with E-state index in [1.54, 1.807) is 20.1 Å². The molecule has 5 heteroatoms. The predicted octanol–water partition coefficient (Wildman–Crippen LogP) is 1.93. The first-order chi connectivity index (χ1) is 7.15. The fourth-order valence-corrected chi connectivity index (χ4v) is 1.22. The van der Waals surface area contributed by atoms with Gasteiger partial charge in [0.2, 0.25) is 0 Å². The summed E-state index contributed by atoms with van der Waals surface area (Å²) in [7, 11) is 1.54. The molecule has 0 aliphatic rings. The SMILES string of the molecule is COCC(C)OC(=O)c1cnccc1Cl. The molecule has 82 valence electrons. The van der Waals surface area contributed by atoms with Gasteiger partial charge in [-0.25, -0.2) is 4.79 Å². The zero-order valence-corrected chi connectivity index (χ0v) is 9.32. The number of hydrogen-bond donors (Lipinski definition) is 0. The zero-order chi connectivity index (χ0) is 11.3. The van der Waals surface area contributed by atoms with E-state index in [-0.39, 0.29) is 11.7 Å². The van der Waals surface area contributed by atoms with Crippen molar-refractivity contribution in [2.24, 2.45) is 0 Å². The molecule has 0 N–H and O–H groups in total. The van der Waals surface area contributed by atoms with Gasteiger partial charge in [-0.1, -0.05) is 11.6 Å². The van der Waals surface area contributed by atoms with Gasteiger partial charge in [-0.2, -0.15) is 0 Å². The Balaban J connectivity index is 2.65. The maximum Gasteiger partial charge on any atom is 0.341 e. The van der Waals surface area contributed by atoms with Gasteiger partial charge < -0.3 is 9.47 Å². The summed E-state index contributed by atoms with van der Waals surface area (Å²) in [4.78, 5) is 15.4. The van der Waals surface area contributed by atoms with Crippen LogP contribution in [0.2, 0.25) is 5.02 Å². The number of ether oxygens (including phenoxy) is 2. The summed E-state index contributed by atoms with van der Waals surface area (Å²) >= 11 is 5.81. The predicted molar refractivity (Wildman–Crippen MR) is 56.0 cm³/mol. The van der Waals surface area contributed by atoms with Gasteiger partial charge in [0.25, 0.3) is 0 Å². The molecule has 1 rings (SSSR count). The number of carbonyl (C=O) groups excluding carboxylic acids is 1. The lowest BCUT2D eigenvalue weighted by molar-refractivity contribution is 0.0120. The molecule has 0 aliphatic carbocycles. The van der Waals surface area contributed by atoms with Crippen LogP contribution < -0.4 is 0 Å². The molecule has 0 bridgehead atoms. The van der Waals surface area contributed by atoms with E-state index in [4.69, 9.17) is 21.1 Å².